The van der Waals surface area contributed by atoms with Gasteiger partial charge in [-0.3, -0.25) is 5.32 Å². The summed E-state index contributed by atoms with van der Waals surface area (Å²) in [4.78, 5) is 0. The smallest absolute Gasteiger partial charge is 0.152 e. The summed E-state index contributed by atoms with van der Waals surface area (Å²) in [6, 6.07) is 10.3. The molecule has 0 unspecified atom stereocenters. The summed E-state index contributed by atoms with van der Waals surface area (Å²) in [5.74, 6) is 0. The van der Waals surface area contributed by atoms with Crippen LogP contribution < -0.4 is 16.0 Å². The normalized spacial score (nSPS) is 15.4. The number of hydrogen-bond donors (Lipinski definition) is 3. The molecule has 1 heterocycles. The zero-order valence-corrected chi connectivity index (χ0v) is 7.33. The first kappa shape index (κ1) is 8.13. The number of hydrogen-bond acceptors (Lipinski definition) is 3. The first-order valence-electron chi connectivity index (χ1n) is 4.39. The molecule has 3 heteroatoms. The molecule has 1 aromatic carbocycles. The molecule has 68 valence electrons. The van der Waals surface area contributed by atoms with Gasteiger partial charge in [0.2, 0.25) is 0 Å². The van der Waals surface area contributed by atoms with E-state index in [0.717, 1.165) is 6.54 Å². The number of benzene rings is 1. The Bertz CT molecular complexity index is 273. The van der Waals surface area contributed by atoms with Crippen molar-refractivity contribution in [3.8, 4) is 0 Å². The van der Waals surface area contributed by atoms with Gasteiger partial charge in [-0.05, 0) is 5.56 Å². The lowest BCUT2D eigenvalue weighted by Crippen LogP contribution is -2.44. The summed E-state index contributed by atoms with van der Waals surface area (Å²) in [5, 5.41) is 9.56. The molecule has 0 saturated carbocycles. The predicted molar refractivity (Wildman–Crippen MR) is 52.5 cm³/mol. The Kier molecular flexibility index (Phi) is 2.48. The second-order valence-corrected chi connectivity index (χ2v) is 2.97. The molecule has 1 aliphatic heterocycles. The van der Waals surface area contributed by atoms with E-state index >= 15 is 0 Å². The SMILES string of the molecule is C1=CNC(NCc2ccccc2)N1. The molecule has 13 heavy (non-hydrogen) atoms. The zero-order valence-electron chi connectivity index (χ0n) is 7.33. The largest absolute Gasteiger partial charge is 0.358 e. The van der Waals surface area contributed by atoms with Crippen LogP contribution in [0.5, 0.6) is 0 Å². The van der Waals surface area contributed by atoms with E-state index in [-0.39, 0.29) is 6.29 Å². The van der Waals surface area contributed by atoms with Crippen molar-refractivity contribution >= 4 is 0 Å². The van der Waals surface area contributed by atoms with Crippen LogP contribution >= 0.6 is 0 Å². The Morgan fingerprint density at radius 2 is 1.77 bits per heavy atom. The highest BCUT2D eigenvalue weighted by Crippen LogP contribution is 1.97. The summed E-state index contributed by atoms with van der Waals surface area (Å²) in [6.45, 7) is 0.868. The third-order valence-electron chi connectivity index (χ3n) is 1.96. The van der Waals surface area contributed by atoms with Crippen molar-refractivity contribution in [2.45, 2.75) is 12.8 Å². The maximum atomic E-state index is 3.31. The van der Waals surface area contributed by atoms with Gasteiger partial charge in [-0.1, -0.05) is 30.3 Å². The Labute approximate surface area is 77.8 Å². The van der Waals surface area contributed by atoms with Gasteiger partial charge in [0.05, 0.1) is 0 Å². The molecule has 0 aromatic heterocycles. The molecule has 0 fully saturated rings. The van der Waals surface area contributed by atoms with Crippen LogP contribution in [0.3, 0.4) is 0 Å². The molecule has 0 aliphatic carbocycles. The van der Waals surface area contributed by atoms with Crippen molar-refractivity contribution in [1.29, 1.82) is 0 Å². The molecule has 0 spiro atoms. The first-order chi connectivity index (χ1) is 6.45. The zero-order chi connectivity index (χ0) is 8.93. The Morgan fingerprint density at radius 1 is 1.08 bits per heavy atom. The van der Waals surface area contributed by atoms with Crippen LogP contribution in [0.25, 0.3) is 0 Å². The van der Waals surface area contributed by atoms with E-state index in [1.54, 1.807) is 0 Å². The number of rotatable bonds is 3. The van der Waals surface area contributed by atoms with Crippen molar-refractivity contribution in [2.75, 3.05) is 0 Å². The third-order valence-corrected chi connectivity index (χ3v) is 1.96. The minimum Gasteiger partial charge on any atom is -0.358 e. The maximum Gasteiger partial charge on any atom is 0.152 e. The average Bonchev–Trinajstić information content (AvgIpc) is 2.69. The van der Waals surface area contributed by atoms with Gasteiger partial charge in [0.25, 0.3) is 0 Å². The lowest BCUT2D eigenvalue weighted by atomic mass is 10.2. The second-order valence-electron chi connectivity index (χ2n) is 2.97. The molecule has 2 rings (SSSR count). The molecular formula is C10H13N3. The van der Waals surface area contributed by atoms with Crippen LogP contribution in [0.2, 0.25) is 0 Å². The van der Waals surface area contributed by atoms with Gasteiger partial charge in [-0.2, -0.15) is 0 Å². The topological polar surface area (TPSA) is 36.1 Å². The number of nitrogens with one attached hydrogen (secondary N) is 3. The van der Waals surface area contributed by atoms with Gasteiger partial charge in [0.1, 0.15) is 0 Å². The molecular weight excluding hydrogens is 162 g/mol. The fourth-order valence-corrected chi connectivity index (χ4v) is 1.27. The maximum absolute atomic E-state index is 3.31. The third kappa shape index (κ3) is 2.23. The Balaban J connectivity index is 1.80. The van der Waals surface area contributed by atoms with Crippen LogP contribution in [0.15, 0.2) is 42.7 Å². The highest BCUT2D eigenvalue weighted by Gasteiger charge is 2.05. The fraction of sp³-hybridized carbons (Fsp3) is 0.200. The summed E-state index contributed by atoms with van der Waals surface area (Å²) >= 11 is 0. The van der Waals surface area contributed by atoms with Crippen molar-refractivity contribution in [3.63, 3.8) is 0 Å². The summed E-state index contributed by atoms with van der Waals surface area (Å²) < 4.78 is 0. The van der Waals surface area contributed by atoms with Gasteiger partial charge >= 0.3 is 0 Å². The van der Waals surface area contributed by atoms with E-state index in [1.807, 2.05) is 30.6 Å². The summed E-state index contributed by atoms with van der Waals surface area (Å²) in [7, 11) is 0. The quantitative estimate of drug-likeness (QED) is 0.633. The van der Waals surface area contributed by atoms with Crippen LogP contribution in [0.4, 0.5) is 0 Å². The van der Waals surface area contributed by atoms with E-state index in [9.17, 15) is 0 Å². The van der Waals surface area contributed by atoms with E-state index in [2.05, 4.69) is 28.1 Å². The van der Waals surface area contributed by atoms with Crippen molar-refractivity contribution < 1.29 is 0 Å². The summed E-state index contributed by atoms with van der Waals surface area (Å²) in [6.07, 6.45) is 3.95. The molecule has 0 saturated heterocycles. The molecule has 0 amide bonds. The standard InChI is InChI=1S/C10H13N3/c1-2-4-9(5-3-1)8-13-10-11-6-7-12-10/h1-7,10-13H,8H2. The molecule has 0 radical (unpaired) electrons. The van der Waals surface area contributed by atoms with Gasteiger partial charge in [-0.15, -0.1) is 0 Å². The molecule has 3 nitrogen and oxygen atoms in total. The minimum atomic E-state index is 0.167. The van der Waals surface area contributed by atoms with Gasteiger partial charge in [0, 0.05) is 18.9 Å². The summed E-state index contributed by atoms with van der Waals surface area (Å²) in [5.41, 5.74) is 1.29. The van der Waals surface area contributed by atoms with Crippen LogP contribution in [0, 0.1) is 0 Å². The van der Waals surface area contributed by atoms with Crippen LogP contribution in [0.1, 0.15) is 5.56 Å². The molecule has 1 aromatic rings. The molecule has 1 aliphatic rings. The second kappa shape index (κ2) is 3.96. The van der Waals surface area contributed by atoms with Crippen LogP contribution in [-0.2, 0) is 6.54 Å². The van der Waals surface area contributed by atoms with E-state index in [1.165, 1.54) is 5.56 Å². The highest BCUT2D eigenvalue weighted by molar-refractivity contribution is 5.14. The molecule has 0 bridgehead atoms. The lowest BCUT2D eigenvalue weighted by molar-refractivity contribution is 0.455. The van der Waals surface area contributed by atoms with Gasteiger partial charge in [0.15, 0.2) is 6.29 Å². The minimum absolute atomic E-state index is 0.167. The van der Waals surface area contributed by atoms with Gasteiger partial charge in [-0.25, -0.2) is 0 Å². The van der Waals surface area contributed by atoms with Crippen LogP contribution in [-0.4, -0.2) is 6.29 Å². The monoisotopic (exact) mass is 175 g/mol. The van der Waals surface area contributed by atoms with Crippen molar-refractivity contribution in [3.05, 3.63) is 48.3 Å². The predicted octanol–water partition coefficient (Wildman–Crippen LogP) is 0.724. The Morgan fingerprint density at radius 3 is 2.46 bits per heavy atom. The van der Waals surface area contributed by atoms with Gasteiger partial charge < -0.3 is 10.6 Å². The van der Waals surface area contributed by atoms with Crippen molar-refractivity contribution in [1.82, 2.24) is 16.0 Å². The van der Waals surface area contributed by atoms with E-state index in [0.29, 0.717) is 0 Å². The molecule has 0 atom stereocenters. The average molecular weight is 175 g/mol. The Hall–Kier alpha value is -1.48. The molecule has 3 N–H and O–H groups in total. The van der Waals surface area contributed by atoms with Crippen molar-refractivity contribution in [2.24, 2.45) is 0 Å². The van der Waals surface area contributed by atoms with E-state index in [4.69, 9.17) is 0 Å². The van der Waals surface area contributed by atoms with E-state index < -0.39 is 0 Å². The lowest BCUT2D eigenvalue weighted by Gasteiger charge is -2.13. The fourth-order valence-electron chi connectivity index (χ4n) is 1.27. The highest BCUT2D eigenvalue weighted by atomic mass is 15.3. The first-order valence-corrected chi connectivity index (χ1v) is 4.39.